The van der Waals surface area contributed by atoms with Crippen molar-refractivity contribution in [2.75, 3.05) is 6.26 Å². The molecule has 0 aromatic heterocycles. The molecule has 0 aromatic carbocycles. The van der Waals surface area contributed by atoms with Crippen LogP contribution in [0, 0.1) is 0 Å². The predicted molar refractivity (Wildman–Crippen MR) is 62.7 cm³/mol. The van der Waals surface area contributed by atoms with Crippen LogP contribution in [0.25, 0.3) is 0 Å². The largest absolute Gasteiger partial charge is 0.384 e. The molecule has 0 bridgehead atoms. The van der Waals surface area contributed by atoms with E-state index in [2.05, 4.69) is 9.98 Å². The second-order valence-corrected chi connectivity index (χ2v) is 3.65. The lowest BCUT2D eigenvalue weighted by molar-refractivity contribution is 0.799. The standard InChI is InChI=1S/C8H14ClN3S/c1-4-5-7(10)11-6(2)12-8(9)13-3/h4-6H,1-3H3,(H2,10,11)/b5-4-,12-8-. The summed E-state index contributed by atoms with van der Waals surface area (Å²) < 4.78 is 0.490. The van der Waals surface area contributed by atoms with Crippen molar-refractivity contribution in [1.82, 2.24) is 0 Å². The minimum atomic E-state index is -0.226. The molecule has 74 valence electrons. The second kappa shape index (κ2) is 6.97. The molecule has 2 N–H and O–H groups in total. The summed E-state index contributed by atoms with van der Waals surface area (Å²) in [4.78, 5) is 8.14. The van der Waals surface area contributed by atoms with Gasteiger partial charge in [0.25, 0.3) is 0 Å². The fourth-order valence-corrected chi connectivity index (χ4v) is 1.06. The van der Waals surface area contributed by atoms with Gasteiger partial charge < -0.3 is 5.73 Å². The summed E-state index contributed by atoms with van der Waals surface area (Å²) in [5.41, 5.74) is 5.55. The van der Waals surface area contributed by atoms with E-state index in [4.69, 9.17) is 17.3 Å². The molecule has 0 aromatic rings. The van der Waals surface area contributed by atoms with Crippen LogP contribution < -0.4 is 5.73 Å². The lowest BCUT2D eigenvalue weighted by Gasteiger charge is -2.00. The number of rotatable bonds is 3. The Bertz CT molecular complexity index is 236. The van der Waals surface area contributed by atoms with Crippen LogP contribution in [0.15, 0.2) is 22.1 Å². The van der Waals surface area contributed by atoms with Crippen LogP contribution in [-0.4, -0.2) is 22.8 Å². The Morgan fingerprint density at radius 3 is 2.62 bits per heavy atom. The number of hydrogen-bond acceptors (Lipinski definition) is 3. The molecule has 0 saturated carbocycles. The first-order chi connectivity index (χ1) is 6.10. The highest BCUT2D eigenvalue weighted by Gasteiger charge is 1.97. The number of nitrogens with zero attached hydrogens (tertiary/aromatic N) is 2. The molecule has 0 spiro atoms. The molecule has 13 heavy (non-hydrogen) atoms. The molecule has 0 heterocycles. The third-order valence-electron chi connectivity index (χ3n) is 1.13. The molecule has 0 aliphatic carbocycles. The zero-order chi connectivity index (χ0) is 10.3. The van der Waals surface area contributed by atoms with Crippen LogP contribution in [0.5, 0.6) is 0 Å². The molecule has 0 saturated heterocycles. The van der Waals surface area contributed by atoms with E-state index in [-0.39, 0.29) is 6.17 Å². The van der Waals surface area contributed by atoms with Crippen LogP contribution in [0.4, 0.5) is 0 Å². The first-order valence-corrected chi connectivity index (χ1v) is 5.43. The molecule has 1 unspecified atom stereocenters. The molecular formula is C8H14ClN3S. The number of halogens is 1. The van der Waals surface area contributed by atoms with Crippen molar-refractivity contribution in [2.45, 2.75) is 20.0 Å². The zero-order valence-corrected chi connectivity index (χ0v) is 9.56. The van der Waals surface area contributed by atoms with E-state index in [0.29, 0.717) is 10.3 Å². The van der Waals surface area contributed by atoms with Crippen molar-refractivity contribution in [2.24, 2.45) is 15.7 Å². The van der Waals surface area contributed by atoms with E-state index < -0.39 is 0 Å². The maximum absolute atomic E-state index is 5.71. The zero-order valence-electron chi connectivity index (χ0n) is 7.99. The molecule has 0 radical (unpaired) electrons. The van der Waals surface area contributed by atoms with Gasteiger partial charge in [0.1, 0.15) is 12.0 Å². The summed E-state index contributed by atoms with van der Waals surface area (Å²) in [6.45, 7) is 3.71. The van der Waals surface area contributed by atoms with Gasteiger partial charge in [-0.2, -0.15) is 0 Å². The molecule has 0 amide bonds. The number of aliphatic imine (C=N–C) groups is 2. The van der Waals surface area contributed by atoms with E-state index >= 15 is 0 Å². The number of thioether (sulfide) groups is 1. The third kappa shape index (κ3) is 6.66. The van der Waals surface area contributed by atoms with Crippen LogP contribution in [0.3, 0.4) is 0 Å². The summed E-state index contributed by atoms with van der Waals surface area (Å²) in [6, 6.07) is 0. The Labute approximate surface area is 88.2 Å². The fraction of sp³-hybridized carbons (Fsp3) is 0.500. The topological polar surface area (TPSA) is 50.7 Å². The molecular weight excluding hydrogens is 206 g/mol. The van der Waals surface area contributed by atoms with Crippen molar-refractivity contribution in [3.05, 3.63) is 12.2 Å². The minimum Gasteiger partial charge on any atom is -0.384 e. The van der Waals surface area contributed by atoms with Crippen LogP contribution in [0.2, 0.25) is 0 Å². The van der Waals surface area contributed by atoms with Gasteiger partial charge in [-0.25, -0.2) is 9.98 Å². The van der Waals surface area contributed by atoms with Crippen molar-refractivity contribution in [1.29, 1.82) is 0 Å². The molecule has 0 fully saturated rings. The molecule has 3 nitrogen and oxygen atoms in total. The Morgan fingerprint density at radius 2 is 2.15 bits per heavy atom. The van der Waals surface area contributed by atoms with Crippen molar-refractivity contribution >= 4 is 33.7 Å². The third-order valence-corrected chi connectivity index (χ3v) is 2.13. The molecule has 1 atom stereocenters. The molecule has 0 aliphatic rings. The lowest BCUT2D eigenvalue weighted by Crippen LogP contribution is -2.11. The normalized spacial score (nSPS) is 16.6. The van der Waals surface area contributed by atoms with E-state index in [1.807, 2.05) is 26.2 Å². The van der Waals surface area contributed by atoms with Crippen LogP contribution in [-0.2, 0) is 0 Å². The average molecular weight is 220 g/mol. The first kappa shape index (κ1) is 12.5. The van der Waals surface area contributed by atoms with E-state index in [1.165, 1.54) is 11.8 Å². The summed E-state index contributed by atoms with van der Waals surface area (Å²) in [6.07, 6.45) is 5.18. The fourth-order valence-electron chi connectivity index (χ4n) is 0.658. The van der Waals surface area contributed by atoms with Gasteiger partial charge in [-0.3, -0.25) is 0 Å². The SMILES string of the molecule is C/C=C\C(N)=N/C(C)/N=C(/Cl)SC. The molecule has 0 aliphatic heterocycles. The smallest absolute Gasteiger partial charge is 0.159 e. The number of allylic oxidation sites excluding steroid dienone is 1. The highest BCUT2D eigenvalue weighted by molar-refractivity contribution is 8.16. The monoisotopic (exact) mass is 219 g/mol. The summed E-state index contributed by atoms with van der Waals surface area (Å²) in [5, 5.41) is 0. The predicted octanol–water partition coefficient (Wildman–Crippen LogP) is 2.22. The highest BCUT2D eigenvalue weighted by Crippen LogP contribution is 2.05. The summed E-state index contributed by atoms with van der Waals surface area (Å²) >= 11 is 7.09. The highest BCUT2D eigenvalue weighted by atomic mass is 35.5. The number of nitrogens with two attached hydrogens (primary N) is 1. The summed E-state index contributed by atoms with van der Waals surface area (Å²) in [7, 11) is 0. The Kier molecular flexibility index (Phi) is 6.72. The van der Waals surface area contributed by atoms with Crippen LogP contribution >= 0.6 is 23.4 Å². The minimum absolute atomic E-state index is 0.226. The van der Waals surface area contributed by atoms with Gasteiger partial charge in [0, 0.05) is 0 Å². The van der Waals surface area contributed by atoms with Gasteiger partial charge in [0.2, 0.25) is 0 Å². The maximum atomic E-state index is 5.71. The van der Waals surface area contributed by atoms with Crippen molar-refractivity contribution in [3.8, 4) is 0 Å². The molecule has 5 heteroatoms. The quantitative estimate of drug-likeness (QED) is 0.585. The van der Waals surface area contributed by atoms with Gasteiger partial charge in [-0.05, 0) is 26.2 Å². The Balaban J connectivity index is 4.29. The number of hydrogen-bond donors (Lipinski definition) is 1. The van der Waals surface area contributed by atoms with E-state index in [1.54, 1.807) is 6.08 Å². The maximum Gasteiger partial charge on any atom is 0.159 e. The summed E-state index contributed by atoms with van der Waals surface area (Å²) in [5.74, 6) is 0.462. The second-order valence-electron chi connectivity index (χ2n) is 2.27. The lowest BCUT2D eigenvalue weighted by atomic mass is 10.5. The van der Waals surface area contributed by atoms with Gasteiger partial charge in [0.05, 0.1) is 0 Å². The van der Waals surface area contributed by atoms with Crippen molar-refractivity contribution < 1.29 is 0 Å². The van der Waals surface area contributed by atoms with Gasteiger partial charge >= 0.3 is 0 Å². The van der Waals surface area contributed by atoms with E-state index in [9.17, 15) is 0 Å². The molecule has 0 rings (SSSR count). The average Bonchev–Trinajstić information content (AvgIpc) is 2.04. The van der Waals surface area contributed by atoms with Gasteiger partial charge in [0.15, 0.2) is 4.50 Å². The first-order valence-electron chi connectivity index (χ1n) is 3.83. The Morgan fingerprint density at radius 1 is 1.54 bits per heavy atom. The number of amidine groups is 1. The van der Waals surface area contributed by atoms with Crippen LogP contribution in [0.1, 0.15) is 13.8 Å². The van der Waals surface area contributed by atoms with Gasteiger partial charge in [-0.1, -0.05) is 29.4 Å². The Hall–Kier alpha value is -0.480. The van der Waals surface area contributed by atoms with E-state index in [0.717, 1.165) is 0 Å². The van der Waals surface area contributed by atoms with Gasteiger partial charge in [-0.15, -0.1) is 0 Å². The van der Waals surface area contributed by atoms with Crippen molar-refractivity contribution in [3.63, 3.8) is 0 Å².